The second-order valence-corrected chi connectivity index (χ2v) is 12.7. The van der Waals surface area contributed by atoms with E-state index in [2.05, 4.69) is 41.1 Å². The average Bonchev–Trinajstić information content (AvgIpc) is 3.87. The second kappa shape index (κ2) is 16.9. The fraction of sp³-hybridized carbons (Fsp3) is 0.222. The van der Waals surface area contributed by atoms with Crippen molar-refractivity contribution >= 4 is 53.1 Å². The molecule has 2 N–H and O–H groups in total. The Morgan fingerprint density at radius 2 is 1.83 bits per heavy atom. The third-order valence-electron chi connectivity index (χ3n) is 8.39. The number of nitrogens with one attached hydrogen (secondary N) is 2. The molecule has 3 amide bonds. The molecular formula is C36H33Cl2N9O5. The van der Waals surface area contributed by atoms with Crippen molar-refractivity contribution in [2.24, 2.45) is 5.92 Å². The Morgan fingerprint density at radius 1 is 1.02 bits per heavy atom. The Labute approximate surface area is 308 Å². The Bertz CT molecular complexity index is 2050. The minimum absolute atomic E-state index is 0.0162. The third-order valence-corrected chi connectivity index (χ3v) is 8.90. The van der Waals surface area contributed by atoms with Gasteiger partial charge < -0.3 is 19.7 Å². The van der Waals surface area contributed by atoms with Gasteiger partial charge in [-0.2, -0.15) is 9.78 Å². The number of anilines is 1. The Balaban J connectivity index is 1.22. The lowest BCUT2D eigenvalue weighted by atomic mass is 9.95. The van der Waals surface area contributed by atoms with E-state index >= 15 is 0 Å². The molecule has 2 aromatic heterocycles. The number of halogens is 2. The van der Waals surface area contributed by atoms with Gasteiger partial charge >= 0.3 is 12.2 Å². The van der Waals surface area contributed by atoms with Crippen LogP contribution in [0.5, 0.6) is 0 Å². The van der Waals surface area contributed by atoms with Crippen LogP contribution in [0.4, 0.5) is 15.3 Å². The van der Waals surface area contributed by atoms with Gasteiger partial charge in [-0.25, -0.2) is 9.59 Å². The van der Waals surface area contributed by atoms with Crippen molar-refractivity contribution in [2.45, 2.75) is 25.5 Å². The maximum absolute atomic E-state index is 13.5. The molecule has 6 rings (SSSR count). The van der Waals surface area contributed by atoms with Crippen LogP contribution in [-0.4, -0.2) is 73.6 Å². The number of hydrogen-bond donors (Lipinski definition) is 2. The Kier molecular flexibility index (Phi) is 11.7. The second-order valence-electron chi connectivity index (χ2n) is 11.9. The lowest BCUT2D eigenvalue weighted by Crippen LogP contribution is -2.32. The maximum Gasteiger partial charge on any atom is 0.411 e. The normalized spacial score (nSPS) is 14.6. The minimum atomic E-state index is -0.607. The number of carbonyl (C=O) groups is 3. The highest BCUT2D eigenvalue weighted by atomic mass is 35.5. The number of likely N-dealkylation sites (tertiary alicyclic amines) is 1. The molecule has 0 bridgehead atoms. The van der Waals surface area contributed by atoms with Crippen LogP contribution in [0.3, 0.4) is 0 Å². The van der Waals surface area contributed by atoms with Gasteiger partial charge in [-0.15, -0.1) is 10.2 Å². The van der Waals surface area contributed by atoms with Crippen LogP contribution in [0.25, 0.3) is 22.9 Å². The fourth-order valence-electron chi connectivity index (χ4n) is 5.78. The molecular weight excluding hydrogens is 709 g/mol. The number of hydrogen-bond acceptors (Lipinski definition) is 10. The highest BCUT2D eigenvalue weighted by molar-refractivity contribution is 6.32. The lowest BCUT2D eigenvalue weighted by Gasteiger charge is -2.22. The lowest BCUT2D eigenvalue weighted by molar-refractivity contribution is -0.117. The van der Waals surface area contributed by atoms with Gasteiger partial charge in [0.1, 0.15) is 12.9 Å². The molecule has 1 aliphatic rings. The summed E-state index contributed by atoms with van der Waals surface area (Å²) in [5.74, 6) is -0.385. The summed E-state index contributed by atoms with van der Waals surface area (Å²) >= 11 is 12.8. The highest BCUT2D eigenvalue weighted by Crippen LogP contribution is 2.32. The van der Waals surface area contributed by atoms with Crippen molar-refractivity contribution < 1.29 is 23.9 Å². The summed E-state index contributed by atoms with van der Waals surface area (Å²) in [4.78, 5) is 39.8. The summed E-state index contributed by atoms with van der Waals surface area (Å²) < 4.78 is 11.7. The van der Waals surface area contributed by atoms with E-state index in [0.717, 1.165) is 5.56 Å². The van der Waals surface area contributed by atoms with Crippen molar-refractivity contribution in [2.75, 3.05) is 25.5 Å². The first-order chi connectivity index (χ1) is 25.2. The molecule has 3 heterocycles. The molecule has 52 heavy (non-hydrogen) atoms. The predicted octanol–water partition coefficient (Wildman–Crippen LogP) is 6.52. The monoisotopic (exact) mass is 741 g/mol. The quantitative estimate of drug-likeness (QED) is 0.142. The molecule has 16 heteroatoms. The van der Waals surface area contributed by atoms with Crippen molar-refractivity contribution in [3.8, 4) is 16.8 Å². The van der Waals surface area contributed by atoms with Gasteiger partial charge in [0.15, 0.2) is 5.15 Å². The molecule has 0 aliphatic carbocycles. The number of methoxy groups -OCH3 is 1. The number of carbonyl (C=O) groups excluding carboxylic acids is 3. The topological polar surface area (TPSA) is 166 Å². The van der Waals surface area contributed by atoms with E-state index in [4.69, 9.17) is 27.9 Å². The van der Waals surface area contributed by atoms with Crippen molar-refractivity contribution in [3.05, 3.63) is 118 Å². The maximum atomic E-state index is 13.5. The zero-order chi connectivity index (χ0) is 36.5. The van der Waals surface area contributed by atoms with Crippen LogP contribution in [0.2, 0.25) is 10.2 Å². The van der Waals surface area contributed by atoms with Crippen LogP contribution in [0.15, 0.2) is 91.3 Å². The zero-order valence-electron chi connectivity index (χ0n) is 27.9. The van der Waals surface area contributed by atoms with E-state index in [1.807, 2.05) is 30.3 Å². The largest absolute Gasteiger partial charge is 0.453 e. The smallest absolute Gasteiger partial charge is 0.411 e. The molecule has 1 saturated heterocycles. The minimum Gasteiger partial charge on any atom is -0.453 e. The SMILES string of the molecule is COC(=O)Nc1ccc(-c2cc([C@H](CC3CCN(C(=O)OCc4ccccc4)C3)NC(=O)/C=C/c3cc(Cl)ccc3-n3cnnn3)nnc2Cl)cc1. The summed E-state index contributed by atoms with van der Waals surface area (Å²) in [5, 5.41) is 26.3. The van der Waals surface area contributed by atoms with Gasteiger partial charge in [0, 0.05) is 41.0 Å². The molecule has 1 aliphatic heterocycles. The van der Waals surface area contributed by atoms with Crippen LogP contribution >= 0.6 is 23.2 Å². The number of rotatable bonds is 11. The standard InChI is InChI=1S/C36H33Cl2N9O5/c1-51-35(49)40-28-11-7-25(8-12-28)29-19-31(42-43-34(29)38)30(17-24-15-16-46(20-24)36(50)52-21-23-5-3-2-4-6-23)41-33(48)14-9-26-18-27(37)10-13-32(26)47-22-39-44-45-47/h2-14,18-19,22,24,30H,15-17,20-21H2,1H3,(H,40,49)(H,41,48)/b14-9+/t24?,30-/m0/s1. The average molecular weight is 743 g/mol. The first-order valence-corrected chi connectivity index (χ1v) is 17.0. The number of nitrogens with zero attached hydrogens (tertiary/aromatic N) is 7. The van der Waals surface area contributed by atoms with Crippen molar-refractivity contribution in [1.82, 2.24) is 40.6 Å². The van der Waals surface area contributed by atoms with Crippen LogP contribution in [-0.2, 0) is 20.9 Å². The van der Waals surface area contributed by atoms with Gasteiger partial charge in [-0.1, -0.05) is 65.7 Å². The van der Waals surface area contributed by atoms with Crippen LogP contribution in [0, 0.1) is 5.92 Å². The first kappa shape index (κ1) is 35.9. The van der Waals surface area contributed by atoms with Gasteiger partial charge in [0.05, 0.1) is 24.5 Å². The number of amides is 3. The highest BCUT2D eigenvalue weighted by Gasteiger charge is 2.31. The fourth-order valence-corrected chi connectivity index (χ4v) is 6.16. The molecule has 0 saturated carbocycles. The molecule has 266 valence electrons. The predicted molar refractivity (Wildman–Crippen MR) is 194 cm³/mol. The molecule has 0 radical (unpaired) electrons. The van der Waals surface area contributed by atoms with E-state index in [1.54, 1.807) is 59.5 Å². The van der Waals surface area contributed by atoms with Crippen molar-refractivity contribution in [3.63, 3.8) is 0 Å². The summed E-state index contributed by atoms with van der Waals surface area (Å²) in [5.41, 5.74) is 4.44. The third kappa shape index (κ3) is 9.27. The molecule has 3 aromatic carbocycles. The van der Waals surface area contributed by atoms with Crippen molar-refractivity contribution in [1.29, 1.82) is 0 Å². The molecule has 1 unspecified atom stereocenters. The van der Waals surface area contributed by atoms with E-state index in [9.17, 15) is 14.4 Å². The van der Waals surface area contributed by atoms with Gasteiger partial charge in [0.25, 0.3) is 0 Å². The number of tetrazole rings is 1. The molecule has 1 fully saturated rings. The zero-order valence-corrected chi connectivity index (χ0v) is 29.4. The van der Waals surface area contributed by atoms with Gasteiger partial charge in [0.2, 0.25) is 5.91 Å². The van der Waals surface area contributed by atoms with Crippen LogP contribution < -0.4 is 10.6 Å². The first-order valence-electron chi connectivity index (χ1n) is 16.2. The van der Waals surface area contributed by atoms with Gasteiger partial charge in [-0.05, 0) is 82.8 Å². The Morgan fingerprint density at radius 3 is 2.58 bits per heavy atom. The molecule has 0 spiro atoms. The molecule has 2 atom stereocenters. The number of ether oxygens (including phenoxy) is 2. The number of aromatic nitrogens is 6. The van der Waals surface area contributed by atoms with E-state index < -0.39 is 24.1 Å². The summed E-state index contributed by atoms with van der Waals surface area (Å²) in [6, 6.07) is 22.8. The number of benzene rings is 3. The summed E-state index contributed by atoms with van der Waals surface area (Å²) in [7, 11) is 1.28. The molecule has 5 aromatic rings. The van der Waals surface area contributed by atoms with Crippen LogP contribution in [0.1, 0.15) is 35.7 Å². The summed E-state index contributed by atoms with van der Waals surface area (Å²) in [6.45, 7) is 1.13. The Hall–Kier alpha value is -5.86. The van der Waals surface area contributed by atoms with E-state index in [1.165, 1.54) is 24.2 Å². The van der Waals surface area contributed by atoms with E-state index in [-0.39, 0.29) is 17.7 Å². The van der Waals surface area contributed by atoms with Gasteiger partial charge in [-0.3, -0.25) is 10.1 Å². The summed E-state index contributed by atoms with van der Waals surface area (Å²) in [6.07, 6.45) is 4.62. The van der Waals surface area contributed by atoms with E-state index in [0.29, 0.717) is 64.7 Å². The molecule has 14 nitrogen and oxygen atoms in total.